The molecule has 1 rings (SSSR count). The number of amides is 1. The molecular weight excluding hydrogens is 254 g/mol. The van der Waals surface area contributed by atoms with Gasteiger partial charge in [-0.3, -0.25) is 4.79 Å². The molecule has 6 nitrogen and oxygen atoms in total. The van der Waals surface area contributed by atoms with Crippen LogP contribution < -0.4 is 10.6 Å². The quantitative estimate of drug-likeness (QED) is 0.688. The van der Waals surface area contributed by atoms with E-state index < -0.39 is 16.1 Å². The molecule has 7 heteroatoms. The molecule has 1 aliphatic heterocycles. The molecule has 1 heterocycles. The molecule has 0 saturated carbocycles. The molecule has 1 unspecified atom stereocenters. The first-order valence-corrected chi connectivity index (χ1v) is 8.00. The normalized spacial score (nSPS) is 22.2. The van der Waals surface area contributed by atoms with E-state index in [2.05, 4.69) is 10.6 Å². The second-order valence-electron chi connectivity index (χ2n) is 4.75. The number of carbonyl (C=O) groups excluding carboxylic acids is 1. The van der Waals surface area contributed by atoms with Gasteiger partial charge in [-0.1, -0.05) is 20.8 Å². The Bertz CT molecular complexity index is 381. The lowest BCUT2D eigenvalue weighted by Crippen LogP contribution is -2.57. The first-order valence-electron chi connectivity index (χ1n) is 6.39. The summed E-state index contributed by atoms with van der Waals surface area (Å²) in [7, 11) is -3.36. The number of hydrogen-bond acceptors (Lipinski definition) is 4. The van der Waals surface area contributed by atoms with Crippen LogP contribution in [0, 0.1) is 0 Å². The highest BCUT2D eigenvalue weighted by atomic mass is 32.2. The number of nitrogens with one attached hydrogen (secondary N) is 2. The Kier molecular flexibility index (Phi) is 5.55. The van der Waals surface area contributed by atoms with Crippen LogP contribution in [0.3, 0.4) is 0 Å². The molecule has 106 valence electrons. The minimum absolute atomic E-state index is 0.0367. The van der Waals surface area contributed by atoms with Crippen LogP contribution in [0.4, 0.5) is 0 Å². The third kappa shape index (κ3) is 3.93. The Labute approximate surface area is 109 Å². The van der Waals surface area contributed by atoms with Crippen LogP contribution in [0.5, 0.6) is 0 Å². The van der Waals surface area contributed by atoms with E-state index in [4.69, 9.17) is 0 Å². The first-order chi connectivity index (χ1) is 8.38. The zero-order chi connectivity index (χ0) is 13.8. The molecule has 0 aromatic heterocycles. The second kappa shape index (κ2) is 6.49. The maximum atomic E-state index is 12.2. The van der Waals surface area contributed by atoms with Crippen LogP contribution in [-0.4, -0.2) is 56.1 Å². The van der Waals surface area contributed by atoms with Crippen LogP contribution in [0.1, 0.15) is 27.2 Å². The van der Waals surface area contributed by atoms with Crippen LogP contribution >= 0.6 is 0 Å². The van der Waals surface area contributed by atoms with Crippen molar-refractivity contribution in [3.63, 3.8) is 0 Å². The Hall–Kier alpha value is -0.660. The lowest BCUT2D eigenvalue weighted by atomic mass is 10.2. The fourth-order valence-electron chi connectivity index (χ4n) is 2.01. The minimum atomic E-state index is -3.36. The molecule has 1 saturated heterocycles. The molecule has 1 amide bonds. The van der Waals surface area contributed by atoms with Gasteiger partial charge in [0.25, 0.3) is 0 Å². The smallest absolute Gasteiger partial charge is 0.238 e. The van der Waals surface area contributed by atoms with Gasteiger partial charge in [-0.25, -0.2) is 8.42 Å². The average Bonchev–Trinajstić information content (AvgIpc) is 2.27. The molecule has 2 N–H and O–H groups in total. The molecule has 0 bridgehead atoms. The zero-order valence-corrected chi connectivity index (χ0v) is 12.1. The van der Waals surface area contributed by atoms with Gasteiger partial charge < -0.3 is 10.6 Å². The number of rotatable bonds is 6. The fraction of sp³-hybridized carbons (Fsp3) is 0.909. The summed E-state index contributed by atoms with van der Waals surface area (Å²) in [4.78, 5) is 11.6. The maximum Gasteiger partial charge on any atom is 0.238 e. The molecule has 18 heavy (non-hydrogen) atoms. The first kappa shape index (κ1) is 15.4. The van der Waals surface area contributed by atoms with Crippen LogP contribution in [-0.2, 0) is 14.8 Å². The van der Waals surface area contributed by atoms with E-state index in [1.54, 1.807) is 0 Å². The van der Waals surface area contributed by atoms with Crippen molar-refractivity contribution >= 4 is 15.9 Å². The summed E-state index contributed by atoms with van der Waals surface area (Å²) < 4.78 is 25.7. The van der Waals surface area contributed by atoms with Crippen molar-refractivity contribution in [1.29, 1.82) is 0 Å². The van der Waals surface area contributed by atoms with Crippen molar-refractivity contribution in [1.82, 2.24) is 14.9 Å². The summed E-state index contributed by atoms with van der Waals surface area (Å²) in [6, 6.07) is -0.297. The molecule has 0 aliphatic carbocycles. The zero-order valence-electron chi connectivity index (χ0n) is 11.3. The lowest BCUT2D eigenvalue weighted by Gasteiger charge is -2.33. The van der Waals surface area contributed by atoms with Crippen LogP contribution in [0.2, 0.25) is 0 Å². The van der Waals surface area contributed by atoms with Crippen LogP contribution in [0.25, 0.3) is 0 Å². The minimum Gasteiger partial charge on any atom is -0.353 e. The predicted octanol–water partition coefficient (Wildman–Crippen LogP) is -0.475. The van der Waals surface area contributed by atoms with Crippen molar-refractivity contribution in [3.8, 4) is 0 Å². The van der Waals surface area contributed by atoms with Gasteiger partial charge in [-0.05, 0) is 6.42 Å². The van der Waals surface area contributed by atoms with Crippen molar-refractivity contribution in [2.24, 2.45) is 0 Å². The molecule has 0 spiro atoms. The van der Waals surface area contributed by atoms with Gasteiger partial charge in [-0.2, -0.15) is 4.31 Å². The highest BCUT2D eigenvalue weighted by Gasteiger charge is 2.35. The lowest BCUT2D eigenvalue weighted by molar-refractivity contribution is -0.126. The van der Waals surface area contributed by atoms with E-state index >= 15 is 0 Å². The van der Waals surface area contributed by atoms with E-state index in [0.29, 0.717) is 26.1 Å². The number of sulfonamides is 1. The summed E-state index contributed by atoms with van der Waals surface area (Å²) in [6.07, 6.45) is 0.503. The topological polar surface area (TPSA) is 78.5 Å². The van der Waals surface area contributed by atoms with Gasteiger partial charge in [0.05, 0.1) is 5.75 Å². The van der Waals surface area contributed by atoms with Gasteiger partial charge in [0, 0.05) is 25.7 Å². The number of nitrogens with zero attached hydrogens (tertiary/aromatic N) is 1. The van der Waals surface area contributed by atoms with E-state index in [-0.39, 0.29) is 17.7 Å². The Morgan fingerprint density at radius 2 is 2.17 bits per heavy atom. The molecule has 0 aromatic carbocycles. The average molecular weight is 277 g/mol. The Morgan fingerprint density at radius 1 is 1.50 bits per heavy atom. The Balaban J connectivity index is 2.67. The SMILES string of the molecule is CCC1C(=O)NCCN1S(=O)(=O)CCNC(C)C. The fourth-order valence-corrected chi connectivity index (χ4v) is 3.62. The van der Waals surface area contributed by atoms with Crippen molar-refractivity contribution in [3.05, 3.63) is 0 Å². The van der Waals surface area contributed by atoms with Gasteiger partial charge in [-0.15, -0.1) is 0 Å². The summed E-state index contributed by atoms with van der Waals surface area (Å²) in [6.45, 7) is 6.94. The molecule has 1 aliphatic rings. The van der Waals surface area contributed by atoms with Gasteiger partial charge in [0.2, 0.25) is 15.9 Å². The largest absolute Gasteiger partial charge is 0.353 e. The third-order valence-electron chi connectivity index (χ3n) is 2.94. The van der Waals surface area contributed by atoms with Crippen molar-refractivity contribution in [2.75, 3.05) is 25.4 Å². The molecule has 0 aromatic rings. The molecule has 1 fully saturated rings. The summed E-state index contributed by atoms with van der Waals surface area (Å²) in [5, 5.41) is 5.78. The maximum absolute atomic E-state index is 12.2. The molecule has 0 radical (unpaired) electrons. The van der Waals surface area contributed by atoms with Gasteiger partial charge in [0.1, 0.15) is 6.04 Å². The monoisotopic (exact) mass is 277 g/mol. The standard InChI is InChI=1S/C11H23N3O3S/c1-4-10-11(15)13-5-7-14(10)18(16,17)8-6-12-9(2)3/h9-10,12H,4-8H2,1-3H3,(H,13,15). The molecule has 1 atom stereocenters. The summed E-state index contributed by atoms with van der Waals surface area (Å²) >= 11 is 0. The summed E-state index contributed by atoms with van der Waals surface area (Å²) in [5.74, 6) is -0.154. The van der Waals surface area contributed by atoms with E-state index in [0.717, 1.165) is 0 Å². The van der Waals surface area contributed by atoms with Gasteiger partial charge in [0.15, 0.2) is 0 Å². The van der Waals surface area contributed by atoms with Crippen LogP contribution in [0.15, 0.2) is 0 Å². The van der Waals surface area contributed by atoms with E-state index in [9.17, 15) is 13.2 Å². The summed E-state index contributed by atoms with van der Waals surface area (Å²) in [5.41, 5.74) is 0. The number of carbonyl (C=O) groups is 1. The highest BCUT2D eigenvalue weighted by Crippen LogP contribution is 2.13. The second-order valence-corrected chi connectivity index (χ2v) is 6.79. The number of piperazine rings is 1. The third-order valence-corrected chi connectivity index (χ3v) is 4.81. The predicted molar refractivity (Wildman–Crippen MR) is 70.7 cm³/mol. The Morgan fingerprint density at radius 3 is 2.72 bits per heavy atom. The van der Waals surface area contributed by atoms with Crippen molar-refractivity contribution in [2.45, 2.75) is 39.3 Å². The molecular formula is C11H23N3O3S. The number of hydrogen-bond donors (Lipinski definition) is 2. The van der Waals surface area contributed by atoms with E-state index in [1.165, 1.54) is 4.31 Å². The highest BCUT2D eigenvalue weighted by molar-refractivity contribution is 7.89. The van der Waals surface area contributed by atoms with Gasteiger partial charge >= 0.3 is 0 Å². The van der Waals surface area contributed by atoms with E-state index in [1.807, 2.05) is 20.8 Å². The van der Waals surface area contributed by atoms with Crippen molar-refractivity contribution < 1.29 is 13.2 Å².